The maximum Gasteiger partial charge on any atom is 0.326 e. The highest BCUT2D eigenvalue weighted by Gasteiger charge is 2.11. The van der Waals surface area contributed by atoms with Gasteiger partial charge in [-0.2, -0.15) is 4.98 Å². The van der Waals surface area contributed by atoms with Gasteiger partial charge in [0.25, 0.3) is 0 Å². The van der Waals surface area contributed by atoms with Crippen molar-refractivity contribution < 1.29 is 9.32 Å². The third-order valence-electron chi connectivity index (χ3n) is 3.65. The predicted octanol–water partition coefficient (Wildman–Crippen LogP) is 4.02. The molecule has 0 aliphatic carbocycles. The second kappa shape index (κ2) is 6.54. The van der Waals surface area contributed by atoms with Crippen molar-refractivity contribution in [1.29, 1.82) is 0 Å². The Morgan fingerprint density at radius 2 is 1.71 bits per heavy atom. The molecule has 0 saturated heterocycles. The van der Waals surface area contributed by atoms with Crippen molar-refractivity contribution in [2.24, 2.45) is 0 Å². The molecule has 0 saturated carbocycles. The summed E-state index contributed by atoms with van der Waals surface area (Å²) >= 11 is 0. The molecule has 0 fully saturated rings. The SMILES string of the molecule is Cc1ccc(N(C)C(=O)Nc2ccc(-c3noc(C)n3)cc2)cc1. The van der Waals surface area contributed by atoms with Gasteiger partial charge in [0.1, 0.15) is 0 Å². The second-order valence-corrected chi connectivity index (χ2v) is 5.54. The number of hydrogen-bond acceptors (Lipinski definition) is 4. The van der Waals surface area contributed by atoms with E-state index < -0.39 is 0 Å². The molecule has 6 heteroatoms. The largest absolute Gasteiger partial charge is 0.339 e. The number of benzene rings is 2. The van der Waals surface area contributed by atoms with Crippen molar-refractivity contribution in [3.63, 3.8) is 0 Å². The Hall–Kier alpha value is -3.15. The number of nitrogens with zero attached hydrogens (tertiary/aromatic N) is 3. The molecule has 2 amide bonds. The van der Waals surface area contributed by atoms with Gasteiger partial charge in [-0.3, -0.25) is 4.90 Å². The summed E-state index contributed by atoms with van der Waals surface area (Å²) in [6.45, 7) is 3.75. The van der Waals surface area contributed by atoms with E-state index in [2.05, 4.69) is 15.5 Å². The zero-order valence-corrected chi connectivity index (χ0v) is 13.8. The topological polar surface area (TPSA) is 71.3 Å². The molecule has 1 N–H and O–H groups in total. The van der Waals surface area contributed by atoms with Crippen molar-refractivity contribution >= 4 is 17.4 Å². The Labute approximate surface area is 140 Å². The Kier molecular flexibility index (Phi) is 4.29. The van der Waals surface area contributed by atoms with Gasteiger partial charge in [-0.1, -0.05) is 22.9 Å². The van der Waals surface area contributed by atoms with E-state index in [-0.39, 0.29) is 6.03 Å². The molecule has 0 radical (unpaired) electrons. The number of urea groups is 1. The fraction of sp³-hybridized carbons (Fsp3) is 0.167. The standard InChI is InChI=1S/C18H18N4O2/c1-12-4-10-16(11-5-12)22(3)18(23)20-15-8-6-14(7-9-15)17-19-13(2)24-21-17/h4-11H,1-3H3,(H,20,23). The lowest BCUT2D eigenvalue weighted by molar-refractivity contribution is 0.258. The quantitative estimate of drug-likeness (QED) is 0.790. The summed E-state index contributed by atoms with van der Waals surface area (Å²) in [7, 11) is 1.73. The predicted molar refractivity (Wildman–Crippen MR) is 93.1 cm³/mol. The van der Waals surface area contributed by atoms with E-state index in [4.69, 9.17) is 4.52 Å². The van der Waals surface area contributed by atoms with Crippen molar-refractivity contribution in [1.82, 2.24) is 10.1 Å². The third-order valence-corrected chi connectivity index (χ3v) is 3.65. The summed E-state index contributed by atoms with van der Waals surface area (Å²) in [5.74, 6) is 1.05. The molecule has 122 valence electrons. The fourth-order valence-corrected chi connectivity index (χ4v) is 2.21. The highest BCUT2D eigenvalue weighted by atomic mass is 16.5. The molecule has 0 spiro atoms. The van der Waals surface area contributed by atoms with Gasteiger partial charge in [-0.25, -0.2) is 4.79 Å². The number of aryl methyl sites for hydroxylation is 2. The van der Waals surface area contributed by atoms with Crippen LogP contribution in [0, 0.1) is 13.8 Å². The van der Waals surface area contributed by atoms with E-state index in [0.717, 1.165) is 16.8 Å². The first kappa shape index (κ1) is 15.7. The van der Waals surface area contributed by atoms with Crippen LogP contribution < -0.4 is 10.2 Å². The van der Waals surface area contributed by atoms with Crippen LogP contribution in [-0.4, -0.2) is 23.2 Å². The Morgan fingerprint density at radius 1 is 1.04 bits per heavy atom. The number of rotatable bonds is 3. The summed E-state index contributed by atoms with van der Waals surface area (Å²) in [5.41, 5.74) is 3.51. The molecule has 3 aromatic rings. The van der Waals surface area contributed by atoms with Crippen molar-refractivity contribution in [3.05, 3.63) is 60.0 Å². The van der Waals surface area contributed by atoms with Gasteiger partial charge in [0, 0.05) is 30.9 Å². The minimum Gasteiger partial charge on any atom is -0.339 e. The number of carbonyl (C=O) groups is 1. The van der Waals surface area contributed by atoms with E-state index in [0.29, 0.717) is 17.4 Å². The second-order valence-electron chi connectivity index (χ2n) is 5.54. The number of nitrogens with one attached hydrogen (secondary N) is 1. The lowest BCUT2D eigenvalue weighted by Gasteiger charge is -2.18. The summed E-state index contributed by atoms with van der Waals surface area (Å²) in [4.78, 5) is 18.1. The summed E-state index contributed by atoms with van der Waals surface area (Å²) < 4.78 is 4.97. The molecule has 6 nitrogen and oxygen atoms in total. The molecule has 0 aliphatic rings. The minimum atomic E-state index is -0.206. The first-order valence-corrected chi connectivity index (χ1v) is 7.55. The lowest BCUT2D eigenvalue weighted by atomic mass is 10.2. The number of aromatic nitrogens is 2. The Balaban J connectivity index is 1.69. The molecule has 3 rings (SSSR count). The summed E-state index contributed by atoms with van der Waals surface area (Å²) in [5, 5.41) is 6.73. The first-order valence-electron chi connectivity index (χ1n) is 7.55. The van der Waals surface area contributed by atoms with E-state index in [9.17, 15) is 4.79 Å². The molecule has 1 heterocycles. The Morgan fingerprint density at radius 3 is 2.29 bits per heavy atom. The number of anilines is 2. The van der Waals surface area contributed by atoms with Gasteiger partial charge >= 0.3 is 6.03 Å². The van der Waals surface area contributed by atoms with Crippen molar-refractivity contribution in [2.75, 3.05) is 17.3 Å². The molecule has 0 atom stereocenters. The van der Waals surface area contributed by atoms with E-state index in [1.807, 2.05) is 55.5 Å². The molecular weight excluding hydrogens is 304 g/mol. The fourth-order valence-electron chi connectivity index (χ4n) is 2.21. The van der Waals surface area contributed by atoms with Crippen LogP contribution >= 0.6 is 0 Å². The average Bonchev–Trinajstić information content (AvgIpc) is 3.02. The van der Waals surface area contributed by atoms with Crippen LogP contribution in [0.5, 0.6) is 0 Å². The number of amides is 2. The van der Waals surface area contributed by atoms with Crippen LogP contribution in [-0.2, 0) is 0 Å². The van der Waals surface area contributed by atoms with Crippen molar-refractivity contribution in [3.8, 4) is 11.4 Å². The third kappa shape index (κ3) is 3.43. The highest BCUT2D eigenvalue weighted by molar-refractivity contribution is 6.01. The maximum absolute atomic E-state index is 12.3. The summed E-state index contributed by atoms with van der Waals surface area (Å²) in [6, 6.07) is 14.9. The number of carbonyl (C=O) groups excluding carboxylic acids is 1. The van der Waals surface area contributed by atoms with Gasteiger partial charge in [-0.15, -0.1) is 0 Å². The van der Waals surface area contributed by atoms with Gasteiger partial charge in [0.05, 0.1) is 0 Å². The van der Waals surface area contributed by atoms with Crippen LogP contribution in [0.25, 0.3) is 11.4 Å². The molecule has 1 aromatic heterocycles. The van der Waals surface area contributed by atoms with Gasteiger partial charge < -0.3 is 9.84 Å². The van der Waals surface area contributed by atoms with Crippen LogP contribution in [0.3, 0.4) is 0 Å². The van der Waals surface area contributed by atoms with Gasteiger partial charge in [0.2, 0.25) is 11.7 Å². The molecular formula is C18H18N4O2. The van der Waals surface area contributed by atoms with Gasteiger partial charge in [-0.05, 0) is 43.3 Å². The first-order chi connectivity index (χ1) is 11.5. The molecule has 24 heavy (non-hydrogen) atoms. The summed E-state index contributed by atoms with van der Waals surface area (Å²) in [6.07, 6.45) is 0. The average molecular weight is 322 g/mol. The van der Waals surface area contributed by atoms with E-state index >= 15 is 0 Å². The molecule has 2 aromatic carbocycles. The maximum atomic E-state index is 12.3. The molecule has 0 unspecified atom stereocenters. The zero-order chi connectivity index (χ0) is 17.1. The normalized spacial score (nSPS) is 10.5. The molecule has 0 bridgehead atoms. The lowest BCUT2D eigenvalue weighted by Crippen LogP contribution is -2.31. The molecule has 0 aliphatic heterocycles. The van der Waals surface area contributed by atoms with Gasteiger partial charge in [0.15, 0.2) is 0 Å². The van der Waals surface area contributed by atoms with Crippen LogP contribution in [0.1, 0.15) is 11.5 Å². The van der Waals surface area contributed by atoms with Crippen LogP contribution in [0.2, 0.25) is 0 Å². The van der Waals surface area contributed by atoms with E-state index in [1.165, 1.54) is 0 Å². The Bertz CT molecular complexity index is 838. The zero-order valence-electron chi connectivity index (χ0n) is 13.8. The van der Waals surface area contributed by atoms with E-state index in [1.54, 1.807) is 18.9 Å². The van der Waals surface area contributed by atoms with Crippen LogP contribution in [0.15, 0.2) is 53.1 Å². The minimum absolute atomic E-state index is 0.206. The van der Waals surface area contributed by atoms with Crippen molar-refractivity contribution in [2.45, 2.75) is 13.8 Å². The number of hydrogen-bond donors (Lipinski definition) is 1. The smallest absolute Gasteiger partial charge is 0.326 e. The van der Waals surface area contributed by atoms with Crippen LogP contribution in [0.4, 0.5) is 16.2 Å². The highest BCUT2D eigenvalue weighted by Crippen LogP contribution is 2.20. The monoisotopic (exact) mass is 322 g/mol.